The van der Waals surface area contributed by atoms with E-state index in [0.29, 0.717) is 19.4 Å². The maximum atomic E-state index is 11.3. The zero-order chi connectivity index (χ0) is 12.0. The lowest BCUT2D eigenvalue weighted by Crippen LogP contribution is -2.34. The third-order valence-corrected chi connectivity index (χ3v) is 3.26. The fourth-order valence-electron chi connectivity index (χ4n) is 1.91. The predicted molar refractivity (Wildman–Crippen MR) is 64.4 cm³/mol. The molecule has 1 aliphatic heterocycles. The molecule has 3 nitrogen and oxygen atoms in total. The van der Waals surface area contributed by atoms with Crippen LogP contribution >= 0.6 is 11.6 Å². The second-order valence-corrected chi connectivity index (χ2v) is 4.96. The minimum Gasteiger partial charge on any atom is -0.281 e. The molecule has 2 amide bonds. The quantitative estimate of drug-likeness (QED) is 0.393. The number of halogens is 1. The third-order valence-electron chi connectivity index (χ3n) is 2.91. The van der Waals surface area contributed by atoms with Crippen molar-refractivity contribution in [3.63, 3.8) is 0 Å². The highest BCUT2D eigenvalue weighted by Gasteiger charge is 2.29. The van der Waals surface area contributed by atoms with Crippen LogP contribution in [-0.4, -0.2) is 28.6 Å². The first-order valence-corrected chi connectivity index (χ1v) is 6.56. The number of carbonyl (C=O) groups excluding carboxylic acids is 2. The Balaban J connectivity index is 2.20. The molecule has 92 valence electrons. The number of hydrogen-bond acceptors (Lipinski definition) is 2. The lowest BCUT2D eigenvalue weighted by molar-refractivity contribution is -0.138. The monoisotopic (exact) mass is 245 g/mol. The van der Waals surface area contributed by atoms with Crippen molar-refractivity contribution in [2.45, 2.75) is 57.2 Å². The van der Waals surface area contributed by atoms with Gasteiger partial charge in [0.15, 0.2) is 0 Å². The van der Waals surface area contributed by atoms with Crippen molar-refractivity contribution in [2.24, 2.45) is 0 Å². The van der Waals surface area contributed by atoms with Crippen molar-refractivity contribution < 1.29 is 9.59 Å². The average Bonchev–Trinajstić information content (AvgIpc) is 2.56. The van der Waals surface area contributed by atoms with Crippen LogP contribution in [0.1, 0.15) is 51.9 Å². The first kappa shape index (κ1) is 13.5. The van der Waals surface area contributed by atoms with Gasteiger partial charge in [-0.1, -0.05) is 32.6 Å². The van der Waals surface area contributed by atoms with Gasteiger partial charge in [0.1, 0.15) is 0 Å². The molecule has 1 rings (SSSR count). The Bertz CT molecular complexity index is 239. The molecule has 0 N–H and O–H groups in total. The molecule has 1 unspecified atom stereocenters. The van der Waals surface area contributed by atoms with Gasteiger partial charge in [0.25, 0.3) is 0 Å². The first-order chi connectivity index (χ1) is 7.65. The Morgan fingerprint density at radius 1 is 1.19 bits per heavy atom. The van der Waals surface area contributed by atoms with Crippen LogP contribution in [0.25, 0.3) is 0 Å². The van der Waals surface area contributed by atoms with Gasteiger partial charge < -0.3 is 0 Å². The van der Waals surface area contributed by atoms with Gasteiger partial charge in [-0.25, -0.2) is 0 Å². The van der Waals surface area contributed by atoms with Crippen molar-refractivity contribution in [1.29, 1.82) is 0 Å². The van der Waals surface area contributed by atoms with Crippen LogP contribution in [-0.2, 0) is 9.59 Å². The number of amides is 2. The number of alkyl halides is 1. The standard InChI is InChI=1S/C12H20ClNO2/c1-2-3-4-5-6-10(13)9-14-11(15)7-8-12(14)16/h10H,2-9H2,1H3. The Hall–Kier alpha value is -0.570. The molecule has 1 fully saturated rings. The lowest BCUT2D eigenvalue weighted by Gasteiger charge is -2.17. The molecule has 0 aromatic carbocycles. The largest absolute Gasteiger partial charge is 0.281 e. The minimum absolute atomic E-state index is 0.0655. The molecule has 0 spiro atoms. The van der Waals surface area contributed by atoms with Gasteiger partial charge in [-0.3, -0.25) is 14.5 Å². The summed E-state index contributed by atoms with van der Waals surface area (Å²) in [6.07, 6.45) is 6.30. The van der Waals surface area contributed by atoms with Crippen LogP contribution in [0.15, 0.2) is 0 Å². The van der Waals surface area contributed by atoms with Gasteiger partial charge in [-0.05, 0) is 6.42 Å². The molecule has 0 bridgehead atoms. The van der Waals surface area contributed by atoms with E-state index in [-0.39, 0.29) is 17.2 Å². The minimum atomic E-state index is -0.0807. The SMILES string of the molecule is CCCCCCC(Cl)CN1C(=O)CCC1=O. The van der Waals surface area contributed by atoms with Crippen molar-refractivity contribution in [3.8, 4) is 0 Å². The molecule has 0 radical (unpaired) electrons. The summed E-state index contributed by atoms with van der Waals surface area (Å²) in [5.74, 6) is -0.131. The predicted octanol–water partition coefficient (Wildman–Crippen LogP) is 2.71. The molecular formula is C12H20ClNO2. The molecule has 0 aromatic heterocycles. The highest BCUT2D eigenvalue weighted by molar-refractivity contribution is 6.21. The summed E-state index contributed by atoms with van der Waals surface area (Å²) < 4.78 is 0. The van der Waals surface area contributed by atoms with Crippen LogP contribution in [0.5, 0.6) is 0 Å². The van der Waals surface area contributed by atoms with Crippen LogP contribution in [0.4, 0.5) is 0 Å². The number of likely N-dealkylation sites (tertiary alicyclic amines) is 1. The fraction of sp³-hybridized carbons (Fsp3) is 0.833. The summed E-state index contributed by atoms with van der Waals surface area (Å²) in [5, 5.41) is -0.0807. The van der Waals surface area contributed by atoms with Crippen LogP contribution in [0, 0.1) is 0 Å². The normalized spacial score (nSPS) is 18.2. The van der Waals surface area contributed by atoms with Gasteiger partial charge in [0, 0.05) is 19.4 Å². The van der Waals surface area contributed by atoms with Gasteiger partial charge in [0.2, 0.25) is 11.8 Å². The van der Waals surface area contributed by atoms with Crippen LogP contribution < -0.4 is 0 Å². The third kappa shape index (κ3) is 4.12. The van der Waals surface area contributed by atoms with Gasteiger partial charge in [0.05, 0.1) is 5.38 Å². The molecule has 1 saturated heterocycles. The molecule has 1 heterocycles. The van der Waals surface area contributed by atoms with E-state index in [2.05, 4.69) is 6.92 Å². The molecule has 4 heteroatoms. The highest BCUT2D eigenvalue weighted by atomic mass is 35.5. The number of hydrogen-bond donors (Lipinski definition) is 0. The van der Waals surface area contributed by atoms with Gasteiger partial charge >= 0.3 is 0 Å². The van der Waals surface area contributed by atoms with E-state index in [1.54, 1.807) is 0 Å². The van der Waals surface area contributed by atoms with Gasteiger partial charge in [-0.2, -0.15) is 0 Å². The van der Waals surface area contributed by atoms with Crippen molar-refractivity contribution >= 4 is 23.4 Å². The van der Waals surface area contributed by atoms with Crippen LogP contribution in [0.2, 0.25) is 0 Å². The smallest absolute Gasteiger partial charge is 0.229 e. The van der Waals surface area contributed by atoms with Crippen molar-refractivity contribution in [3.05, 3.63) is 0 Å². The second-order valence-electron chi connectivity index (χ2n) is 4.34. The Kier molecular flexibility index (Phi) is 5.81. The maximum Gasteiger partial charge on any atom is 0.229 e. The molecule has 1 atom stereocenters. The number of rotatable bonds is 7. The Labute approximate surface area is 102 Å². The van der Waals surface area contributed by atoms with Gasteiger partial charge in [-0.15, -0.1) is 11.6 Å². The molecule has 0 aliphatic carbocycles. The number of imide groups is 1. The van der Waals surface area contributed by atoms with E-state index >= 15 is 0 Å². The van der Waals surface area contributed by atoms with Crippen LogP contribution in [0.3, 0.4) is 0 Å². The van der Waals surface area contributed by atoms with E-state index in [0.717, 1.165) is 12.8 Å². The van der Waals surface area contributed by atoms with E-state index in [1.807, 2.05) is 0 Å². The molecule has 0 aromatic rings. The van der Waals surface area contributed by atoms with E-state index in [9.17, 15) is 9.59 Å². The zero-order valence-corrected chi connectivity index (χ0v) is 10.6. The maximum absolute atomic E-state index is 11.3. The number of nitrogens with zero attached hydrogens (tertiary/aromatic N) is 1. The van der Waals surface area contributed by atoms with Crippen molar-refractivity contribution in [2.75, 3.05) is 6.54 Å². The summed E-state index contributed by atoms with van der Waals surface area (Å²) in [6.45, 7) is 2.56. The summed E-state index contributed by atoms with van der Waals surface area (Å²) in [4.78, 5) is 24.0. The Morgan fingerprint density at radius 3 is 2.38 bits per heavy atom. The first-order valence-electron chi connectivity index (χ1n) is 6.12. The Morgan fingerprint density at radius 2 is 1.81 bits per heavy atom. The molecule has 0 saturated carbocycles. The molecule has 1 aliphatic rings. The summed E-state index contributed by atoms with van der Waals surface area (Å²) in [6, 6.07) is 0. The fourth-order valence-corrected chi connectivity index (χ4v) is 2.20. The summed E-state index contributed by atoms with van der Waals surface area (Å²) >= 11 is 6.12. The zero-order valence-electron chi connectivity index (χ0n) is 9.88. The lowest BCUT2D eigenvalue weighted by atomic mass is 10.1. The second kappa shape index (κ2) is 6.89. The highest BCUT2D eigenvalue weighted by Crippen LogP contribution is 2.17. The number of unbranched alkanes of at least 4 members (excludes halogenated alkanes) is 3. The van der Waals surface area contributed by atoms with E-state index in [4.69, 9.17) is 11.6 Å². The average molecular weight is 246 g/mol. The molecular weight excluding hydrogens is 226 g/mol. The molecule has 16 heavy (non-hydrogen) atoms. The summed E-state index contributed by atoms with van der Waals surface area (Å²) in [7, 11) is 0. The van der Waals surface area contributed by atoms with Crippen molar-refractivity contribution in [1.82, 2.24) is 4.90 Å². The summed E-state index contributed by atoms with van der Waals surface area (Å²) in [5.41, 5.74) is 0. The number of carbonyl (C=O) groups is 2. The van der Waals surface area contributed by atoms with E-state index in [1.165, 1.54) is 24.2 Å². The van der Waals surface area contributed by atoms with E-state index < -0.39 is 0 Å². The topological polar surface area (TPSA) is 37.4 Å².